The Bertz CT molecular complexity index is 454. The van der Waals surface area contributed by atoms with E-state index in [4.69, 9.17) is 11.6 Å². The van der Waals surface area contributed by atoms with Crippen LogP contribution in [0.5, 0.6) is 0 Å². The van der Waals surface area contributed by atoms with Gasteiger partial charge in [-0.3, -0.25) is 0 Å². The van der Waals surface area contributed by atoms with Crippen molar-refractivity contribution in [3.8, 4) is 0 Å². The van der Waals surface area contributed by atoms with E-state index >= 15 is 0 Å². The SMILES string of the molecule is CCN(CC)C(=O)N1CCN(c2ccccc2Cl)CC1. The zero-order chi connectivity index (χ0) is 14.5. The van der Waals surface area contributed by atoms with E-state index in [-0.39, 0.29) is 6.03 Å². The summed E-state index contributed by atoms with van der Waals surface area (Å²) in [6.07, 6.45) is 0. The first-order valence-corrected chi connectivity index (χ1v) is 7.58. The molecule has 1 aromatic carbocycles. The third-order valence-electron chi connectivity index (χ3n) is 3.78. The number of hydrogen-bond acceptors (Lipinski definition) is 2. The minimum atomic E-state index is 0.147. The van der Waals surface area contributed by atoms with Crippen LogP contribution in [-0.4, -0.2) is 55.1 Å². The number of benzene rings is 1. The number of amides is 2. The smallest absolute Gasteiger partial charge is 0.320 e. The fourth-order valence-corrected chi connectivity index (χ4v) is 2.80. The number of carbonyl (C=O) groups excluding carboxylic acids is 1. The van der Waals surface area contributed by atoms with Gasteiger partial charge < -0.3 is 14.7 Å². The van der Waals surface area contributed by atoms with Crippen LogP contribution in [0.15, 0.2) is 24.3 Å². The summed E-state index contributed by atoms with van der Waals surface area (Å²) in [5.41, 5.74) is 1.06. The number of halogens is 1. The maximum atomic E-state index is 12.3. The molecule has 2 amide bonds. The van der Waals surface area contributed by atoms with E-state index in [2.05, 4.69) is 4.90 Å². The molecule has 20 heavy (non-hydrogen) atoms. The Morgan fingerprint density at radius 3 is 2.30 bits per heavy atom. The summed E-state index contributed by atoms with van der Waals surface area (Å²) in [6, 6.07) is 8.02. The van der Waals surface area contributed by atoms with Crippen molar-refractivity contribution in [3.05, 3.63) is 29.3 Å². The lowest BCUT2D eigenvalue weighted by molar-refractivity contribution is 0.154. The molecule has 1 fully saturated rings. The van der Waals surface area contributed by atoms with E-state index < -0.39 is 0 Å². The second kappa shape index (κ2) is 6.84. The molecule has 0 aromatic heterocycles. The number of piperazine rings is 1. The highest BCUT2D eigenvalue weighted by atomic mass is 35.5. The molecule has 5 heteroatoms. The summed E-state index contributed by atoms with van der Waals surface area (Å²) >= 11 is 6.22. The zero-order valence-corrected chi connectivity index (χ0v) is 12.9. The number of hydrogen-bond donors (Lipinski definition) is 0. The van der Waals surface area contributed by atoms with Crippen LogP contribution in [0.2, 0.25) is 5.02 Å². The molecule has 1 aliphatic rings. The Hall–Kier alpha value is -1.42. The average Bonchev–Trinajstić information content (AvgIpc) is 2.49. The second-order valence-corrected chi connectivity index (χ2v) is 5.29. The summed E-state index contributed by atoms with van der Waals surface area (Å²) in [5, 5.41) is 0.774. The number of carbonyl (C=O) groups is 1. The molecule has 1 aromatic rings. The van der Waals surface area contributed by atoms with Gasteiger partial charge in [-0.05, 0) is 26.0 Å². The normalized spacial score (nSPS) is 15.3. The molecule has 1 saturated heterocycles. The van der Waals surface area contributed by atoms with Gasteiger partial charge in [0.2, 0.25) is 0 Å². The van der Waals surface area contributed by atoms with E-state index in [1.54, 1.807) is 0 Å². The third-order valence-corrected chi connectivity index (χ3v) is 4.10. The van der Waals surface area contributed by atoms with Crippen LogP contribution < -0.4 is 4.90 Å². The minimum Gasteiger partial charge on any atom is -0.367 e. The summed E-state index contributed by atoms with van der Waals surface area (Å²) in [6.45, 7) is 8.72. The first kappa shape index (κ1) is 15.0. The van der Waals surface area contributed by atoms with Gasteiger partial charge in [-0.1, -0.05) is 23.7 Å². The Morgan fingerprint density at radius 1 is 1.15 bits per heavy atom. The van der Waals surface area contributed by atoms with Gasteiger partial charge in [0.25, 0.3) is 0 Å². The molecule has 0 bridgehead atoms. The first-order valence-electron chi connectivity index (χ1n) is 7.20. The largest absolute Gasteiger partial charge is 0.367 e. The second-order valence-electron chi connectivity index (χ2n) is 4.88. The van der Waals surface area contributed by atoms with Gasteiger partial charge in [-0.2, -0.15) is 0 Å². The highest BCUT2D eigenvalue weighted by Gasteiger charge is 2.24. The summed E-state index contributed by atoms with van der Waals surface area (Å²) < 4.78 is 0. The van der Waals surface area contributed by atoms with Crippen LogP contribution in [0.25, 0.3) is 0 Å². The number of nitrogens with zero attached hydrogens (tertiary/aromatic N) is 3. The van der Waals surface area contributed by atoms with E-state index in [1.165, 1.54) is 0 Å². The van der Waals surface area contributed by atoms with E-state index in [0.717, 1.165) is 50.0 Å². The highest BCUT2D eigenvalue weighted by molar-refractivity contribution is 6.33. The molecular formula is C15H22ClN3O. The molecule has 0 saturated carbocycles. The molecule has 0 aliphatic carbocycles. The molecule has 2 rings (SSSR count). The lowest BCUT2D eigenvalue weighted by Gasteiger charge is -2.38. The van der Waals surface area contributed by atoms with Crippen LogP contribution in [0.3, 0.4) is 0 Å². The van der Waals surface area contributed by atoms with Crippen molar-refractivity contribution in [2.24, 2.45) is 0 Å². The van der Waals surface area contributed by atoms with Gasteiger partial charge >= 0.3 is 6.03 Å². The van der Waals surface area contributed by atoms with Crippen molar-refractivity contribution < 1.29 is 4.79 Å². The molecule has 4 nitrogen and oxygen atoms in total. The number of rotatable bonds is 3. The van der Waals surface area contributed by atoms with Crippen LogP contribution in [0.1, 0.15) is 13.8 Å². The Kier molecular flexibility index (Phi) is 5.12. The van der Waals surface area contributed by atoms with Crippen LogP contribution in [0, 0.1) is 0 Å². The van der Waals surface area contributed by atoms with Gasteiger partial charge in [0.15, 0.2) is 0 Å². The van der Waals surface area contributed by atoms with Crippen molar-refractivity contribution in [3.63, 3.8) is 0 Å². The molecule has 1 aliphatic heterocycles. The summed E-state index contributed by atoms with van der Waals surface area (Å²) in [5.74, 6) is 0. The van der Waals surface area contributed by atoms with Gasteiger partial charge in [-0.15, -0.1) is 0 Å². The van der Waals surface area contributed by atoms with Crippen molar-refractivity contribution in [1.29, 1.82) is 0 Å². The monoisotopic (exact) mass is 295 g/mol. The van der Waals surface area contributed by atoms with Crippen LogP contribution in [-0.2, 0) is 0 Å². The van der Waals surface area contributed by atoms with Gasteiger partial charge in [0.05, 0.1) is 10.7 Å². The van der Waals surface area contributed by atoms with Crippen molar-refractivity contribution in [2.45, 2.75) is 13.8 Å². The Labute approximate surface area is 125 Å². The molecule has 110 valence electrons. The zero-order valence-electron chi connectivity index (χ0n) is 12.2. The van der Waals surface area contributed by atoms with Crippen molar-refractivity contribution in [1.82, 2.24) is 9.80 Å². The quantitative estimate of drug-likeness (QED) is 0.857. The van der Waals surface area contributed by atoms with E-state index in [1.807, 2.05) is 47.9 Å². The standard InChI is InChI=1S/C15H22ClN3O/c1-3-17(4-2)15(20)19-11-9-18(10-12-19)14-8-6-5-7-13(14)16/h5-8H,3-4,9-12H2,1-2H3. The van der Waals surface area contributed by atoms with Gasteiger partial charge in [0, 0.05) is 39.3 Å². The fraction of sp³-hybridized carbons (Fsp3) is 0.533. The number of urea groups is 1. The average molecular weight is 296 g/mol. The maximum Gasteiger partial charge on any atom is 0.320 e. The summed E-state index contributed by atoms with van der Waals surface area (Å²) in [7, 11) is 0. The van der Waals surface area contributed by atoms with Crippen molar-refractivity contribution >= 4 is 23.3 Å². The summed E-state index contributed by atoms with van der Waals surface area (Å²) in [4.78, 5) is 18.3. The third kappa shape index (κ3) is 3.18. The highest BCUT2D eigenvalue weighted by Crippen LogP contribution is 2.26. The van der Waals surface area contributed by atoms with E-state index in [0.29, 0.717) is 0 Å². The van der Waals surface area contributed by atoms with E-state index in [9.17, 15) is 4.79 Å². The first-order chi connectivity index (χ1) is 9.67. The number of para-hydroxylation sites is 1. The maximum absolute atomic E-state index is 12.3. The van der Waals surface area contributed by atoms with Crippen LogP contribution >= 0.6 is 11.6 Å². The lowest BCUT2D eigenvalue weighted by Crippen LogP contribution is -2.53. The molecule has 1 heterocycles. The molecule has 0 N–H and O–H groups in total. The minimum absolute atomic E-state index is 0.147. The molecule has 0 spiro atoms. The lowest BCUT2D eigenvalue weighted by atomic mass is 10.2. The molecule has 0 unspecified atom stereocenters. The van der Waals surface area contributed by atoms with Crippen molar-refractivity contribution in [2.75, 3.05) is 44.2 Å². The molecular weight excluding hydrogens is 274 g/mol. The molecule has 0 radical (unpaired) electrons. The topological polar surface area (TPSA) is 26.8 Å². The van der Waals surface area contributed by atoms with Gasteiger partial charge in [0.1, 0.15) is 0 Å². The predicted octanol–water partition coefficient (Wildman–Crippen LogP) is 2.92. The molecule has 0 atom stereocenters. The fourth-order valence-electron chi connectivity index (χ4n) is 2.54. The predicted molar refractivity (Wildman–Crippen MR) is 83.6 cm³/mol. The van der Waals surface area contributed by atoms with Crippen LogP contribution in [0.4, 0.5) is 10.5 Å². The van der Waals surface area contributed by atoms with Gasteiger partial charge in [-0.25, -0.2) is 4.79 Å². The Morgan fingerprint density at radius 2 is 1.75 bits per heavy atom. The number of anilines is 1. The Balaban J connectivity index is 1.96.